The number of carbonyl (C=O) groups is 1. The van der Waals surface area contributed by atoms with Gasteiger partial charge in [-0.15, -0.1) is 0 Å². The van der Waals surface area contributed by atoms with Crippen LogP contribution in [0.1, 0.15) is 36.5 Å². The Balaban J connectivity index is 1.77. The molecule has 0 saturated carbocycles. The van der Waals surface area contributed by atoms with Crippen molar-refractivity contribution >= 4 is 29.1 Å². The molecule has 0 spiro atoms. The van der Waals surface area contributed by atoms with Crippen LogP contribution in [-0.4, -0.2) is 52.0 Å². The Morgan fingerprint density at radius 1 is 1.24 bits per heavy atom. The highest BCUT2D eigenvalue weighted by atomic mass is 35.5. The van der Waals surface area contributed by atoms with E-state index < -0.39 is 18.2 Å². The summed E-state index contributed by atoms with van der Waals surface area (Å²) >= 11 is 5.87. The molecule has 10 heteroatoms. The van der Waals surface area contributed by atoms with E-state index in [1.54, 1.807) is 24.1 Å². The van der Waals surface area contributed by atoms with Gasteiger partial charge in [-0.1, -0.05) is 18.2 Å². The summed E-state index contributed by atoms with van der Waals surface area (Å²) in [6.45, 7) is 7.28. The lowest BCUT2D eigenvalue weighted by Crippen LogP contribution is -2.46. The van der Waals surface area contributed by atoms with Gasteiger partial charge in [-0.3, -0.25) is 0 Å². The van der Waals surface area contributed by atoms with E-state index in [4.69, 9.17) is 11.6 Å². The van der Waals surface area contributed by atoms with Crippen molar-refractivity contribution in [1.29, 1.82) is 0 Å². The van der Waals surface area contributed by atoms with Crippen LogP contribution < -0.4 is 5.32 Å². The van der Waals surface area contributed by atoms with E-state index >= 15 is 0 Å². The first-order valence-electron chi connectivity index (χ1n) is 10.8. The summed E-state index contributed by atoms with van der Waals surface area (Å²) in [6, 6.07) is 1.47. The number of likely N-dealkylation sites (tertiary alicyclic amines) is 1. The molecule has 1 fully saturated rings. The van der Waals surface area contributed by atoms with E-state index in [2.05, 4.69) is 21.8 Å². The maximum atomic E-state index is 14.4. The Bertz CT molecular complexity index is 1150. The van der Waals surface area contributed by atoms with Crippen molar-refractivity contribution in [2.24, 2.45) is 4.99 Å². The first kappa shape index (κ1) is 23.9. The number of amidine groups is 1. The number of rotatable bonds is 5. The van der Waals surface area contributed by atoms with Crippen LogP contribution in [0.25, 0.3) is 0 Å². The normalized spacial score (nSPS) is 19.5. The highest BCUT2D eigenvalue weighted by Crippen LogP contribution is 2.37. The number of aliphatic imine (C=N–C) groups is 1. The average molecular weight is 493 g/mol. The fourth-order valence-electron chi connectivity index (χ4n) is 4.26. The lowest BCUT2D eigenvalue weighted by molar-refractivity contribution is -0.133. The summed E-state index contributed by atoms with van der Waals surface area (Å²) in [7, 11) is 0. The number of anilines is 1. The smallest absolute Gasteiger partial charge is 0.412 e. The molecule has 0 bridgehead atoms. The van der Waals surface area contributed by atoms with Crippen LogP contribution in [0.2, 0.25) is 5.02 Å². The number of nitrogens with zero attached hydrogens (tertiary/aromatic N) is 3. The van der Waals surface area contributed by atoms with Gasteiger partial charge in [-0.2, -0.15) is 13.2 Å². The molecule has 0 amide bonds. The quantitative estimate of drug-likeness (QED) is 0.545. The highest BCUT2D eigenvalue weighted by molar-refractivity contribution is 6.31. The third-order valence-corrected chi connectivity index (χ3v) is 6.09. The zero-order valence-electron chi connectivity index (χ0n) is 18.5. The Hall–Kier alpha value is -3.20. The van der Waals surface area contributed by atoms with Crippen LogP contribution in [0.5, 0.6) is 0 Å². The lowest BCUT2D eigenvalue weighted by Gasteiger charge is -2.38. The number of halogens is 4. The predicted octanol–water partition coefficient (Wildman–Crippen LogP) is 5.78. The van der Waals surface area contributed by atoms with Gasteiger partial charge in [0.25, 0.3) is 0 Å². The zero-order chi connectivity index (χ0) is 24.6. The fourth-order valence-corrected chi connectivity index (χ4v) is 4.43. The molecule has 0 aromatic heterocycles. The number of carboxylic acids is 1. The first-order valence-corrected chi connectivity index (χ1v) is 11.2. The number of hydrogen-bond donors (Lipinski definition) is 2. The van der Waals surface area contributed by atoms with Crippen LogP contribution in [-0.2, 0) is 0 Å². The van der Waals surface area contributed by atoms with Gasteiger partial charge in [0.05, 0.1) is 5.56 Å². The van der Waals surface area contributed by atoms with Crippen molar-refractivity contribution in [3.8, 4) is 0 Å². The van der Waals surface area contributed by atoms with Gasteiger partial charge in [-0.25, -0.2) is 9.79 Å². The topological polar surface area (TPSA) is 68.2 Å². The van der Waals surface area contributed by atoms with Crippen molar-refractivity contribution < 1.29 is 23.1 Å². The third kappa shape index (κ3) is 4.84. The van der Waals surface area contributed by atoms with Crippen molar-refractivity contribution in [3.05, 3.63) is 76.4 Å². The van der Waals surface area contributed by atoms with Gasteiger partial charge in [0, 0.05) is 47.3 Å². The summed E-state index contributed by atoms with van der Waals surface area (Å²) < 4.78 is 43.3. The van der Waals surface area contributed by atoms with Gasteiger partial charge < -0.3 is 20.2 Å². The molecular formula is C24H24ClF3N4O2. The van der Waals surface area contributed by atoms with Crippen molar-refractivity contribution in [2.75, 3.05) is 18.4 Å². The molecule has 6 nitrogen and oxygen atoms in total. The number of piperidine rings is 1. The maximum Gasteiger partial charge on any atom is 0.412 e. The summed E-state index contributed by atoms with van der Waals surface area (Å²) in [4.78, 5) is 19.9. The first-order chi connectivity index (χ1) is 16.0. The molecule has 0 unspecified atom stereocenters. The minimum absolute atomic E-state index is 0.109. The minimum Gasteiger partial charge on any atom is -0.478 e. The SMILES string of the molecule is C=C1C=C(N2CCCCC2)N=C2C([C@H](Nc3ccc(Cl)cc3C(=O)O)C(F)(F)F)=CC(C)=CN12. The largest absolute Gasteiger partial charge is 0.478 e. The number of nitrogens with one attached hydrogen (secondary N) is 1. The molecule has 180 valence electrons. The molecule has 2 N–H and O–H groups in total. The Kier molecular flexibility index (Phi) is 6.49. The maximum absolute atomic E-state index is 14.4. The zero-order valence-corrected chi connectivity index (χ0v) is 19.2. The van der Waals surface area contributed by atoms with Crippen LogP contribution in [0, 0.1) is 0 Å². The Morgan fingerprint density at radius 2 is 1.94 bits per heavy atom. The monoisotopic (exact) mass is 492 g/mol. The Morgan fingerprint density at radius 3 is 2.59 bits per heavy atom. The molecule has 4 rings (SSSR count). The van der Waals surface area contributed by atoms with Gasteiger partial charge >= 0.3 is 12.1 Å². The average Bonchev–Trinajstić information content (AvgIpc) is 2.78. The molecule has 1 atom stereocenters. The molecule has 0 radical (unpaired) electrons. The van der Waals surface area contributed by atoms with E-state index in [1.807, 2.05) is 0 Å². The van der Waals surface area contributed by atoms with Gasteiger partial charge in [0.15, 0.2) is 6.04 Å². The van der Waals surface area contributed by atoms with Gasteiger partial charge in [-0.05, 0) is 56.0 Å². The molecule has 1 aromatic carbocycles. The van der Waals surface area contributed by atoms with E-state index in [1.165, 1.54) is 18.2 Å². The van der Waals surface area contributed by atoms with E-state index in [9.17, 15) is 23.1 Å². The lowest BCUT2D eigenvalue weighted by atomic mass is 9.97. The van der Waals surface area contributed by atoms with Crippen molar-refractivity contribution in [2.45, 2.75) is 38.4 Å². The second-order valence-corrected chi connectivity index (χ2v) is 8.87. The summed E-state index contributed by atoms with van der Waals surface area (Å²) in [5.74, 6) is -0.701. The number of benzene rings is 1. The third-order valence-electron chi connectivity index (χ3n) is 5.86. The van der Waals surface area contributed by atoms with Crippen molar-refractivity contribution in [1.82, 2.24) is 9.80 Å². The second-order valence-electron chi connectivity index (χ2n) is 8.43. The molecule has 3 heterocycles. The number of aromatic carboxylic acids is 1. The van der Waals surface area contributed by atoms with Crippen LogP contribution in [0.4, 0.5) is 18.9 Å². The van der Waals surface area contributed by atoms with E-state index in [-0.39, 0.29) is 27.7 Å². The number of fused-ring (bicyclic) bond motifs is 1. The number of alkyl halides is 3. The fraction of sp³-hybridized carbons (Fsp3) is 0.333. The van der Waals surface area contributed by atoms with Gasteiger partial charge in [0.2, 0.25) is 0 Å². The summed E-state index contributed by atoms with van der Waals surface area (Å²) in [5, 5.41) is 12.0. The van der Waals surface area contributed by atoms with Crippen LogP contribution in [0.3, 0.4) is 0 Å². The summed E-state index contributed by atoms with van der Waals surface area (Å²) in [5.41, 5.74) is 0.416. The van der Waals surface area contributed by atoms with Crippen LogP contribution >= 0.6 is 11.6 Å². The van der Waals surface area contributed by atoms with Crippen molar-refractivity contribution in [3.63, 3.8) is 0 Å². The number of hydrogen-bond acceptors (Lipinski definition) is 5. The molecule has 34 heavy (non-hydrogen) atoms. The van der Waals surface area contributed by atoms with E-state index in [0.717, 1.165) is 38.4 Å². The molecule has 0 aliphatic carbocycles. The minimum atomic E-state index is -4.75. The van der Waals surface area contributed by atoms with E-state index in [0.29, 0.717) is 17.1 Å². The second kappa shape index (κ2) is 9.21. The summed E-state index contributed by atoms with van der Waals surface area (Å²) in [6.07, 6.45) is 3.21. The molecule has 3 aliphatic rings. The molecule has 1 aromatic rings. The highest BCUT2D eigenvalue weighted by Gasteiger charge is 2.46. The van der Waals surface area contributed by atoms with Gasteiger partial charge in [0.1, 0.15) is 11.7 Å². The molecule has 3 aliphatic heterocycles. The van der Waals surface area contributed by atoms with Crippen LogP contribution in [0.15, 0.2) is 70.8 Å². The Labute approximate surface area is 200 Å². The molecular weight excluding hydrogens is 469 g/mol. The predicted molar refractivity (Wildman–Crippen MR) is 126 cm³/mol. The molecule has 1 saturated heterocycles. The standard InChI is InChI=1S/C24H24ClF3N4O2/c1-14-10-18(21(24(26,27)28)29-19-7-6-16(25)12-17(19)23(33)34)22-30-20(11-15(2)32(22)13-14)31-8-4-3-5-9-31/h6-7,10-13,21,29H,2-5,8-9H2,1H3,(H,33,34)/t21-/m0/s1. The number of carboxylic acid groups (broad SMARTS) is 1. The number of allylic oxidation sites excluding steroid dienone is 3.